The van der Waals surface area contributed by atoms with Crippen LogP contribution in [-0.4, -0.2) is 18.9 Å². The van der Waals surface area contributed by atoms with Gasteiger partial charge >= 0.3 is 0 Å². The first kappa shape index (κ1) is 10.2. The van der Waals surface area contributed by atoms with Crippen molar-refractivity contribution in [1.29, 1.82) is 0 Å². The monoisotopic (exact) mass is 205 g/mol. The standard InChI is InChI=1S/C12H15NO2/c1-7(13)10-5-8-3-4-9(15-2)6-11(8)12(10)14/h3-4,6-7,10H,5,13H2,1-2H3. The molecule has 0 radical (unpaired) electrons. The van der Waals surface area contributed by atoms with E-state index in [0.29, 0.717) is 0 Å². The van der Waals surface area contributed by atoms with E-state index in [-0.39, 0.29) is 17.7 Å². The molecule has 0 spiro atoms. The Labute approximate surface area is 89.2 Å². The lowest BCUT2D eigenvalue weighted by Gasteiger charge is -2.11. The molecule has 0 aromatic heterocycles. The predicted molar refractivity (Wildman–Crippen MR) is 58.2 cm³/mol. The quantitative estimate of drug-likeness (QED) is 0.794. The third-order valence-electron chi connectivity index (χ3n) is 2.99. The van der Waals surface area contributed by atoms with Gasteiger partial charge in [0, 0.05) is 17.5 Å². The molecule has 1 aliphatic rings. The summed E-state index contributed by atoms with van der Waals surface area (Å²) in [7, 11) is 1.60. The lowest BCUT2D eigenvalue weighted by molar-refractivity contribution is 0.0923. The number of methoxy groups -OCH3 is 1. The van der Waals surface area contributed by atoms with E-state index in [4.69, 9.17) is 10.5 Å². The van der Waals surface area contributed by atoms with Gasteiger partial charge in [-0.05, 0) is 31.0 Å². The van der Waals surface area contributed by atoms with Gasteiger partial charge in [0.2, 0.25) is 0 Å². The molecule has 0 amide bonds. The number of rotatable bonds is 2. The van der Waals surface area contributed by atoms with E-state index in [9.17, 15) is 4.79 Å². The zero-order valence-corrected chi connectivity index (χ0v) is 8.99. The third kappa shape index (κ3) is 1.63. The number of ketones is 1. The van der Waals surface area contributed by atoms with Crippen molar-refractivity contribution in [2.24, 2.45) is 11.7 Å². The van der Waals surface area contributed by atoms with Crippen molar-refractivity contribution < 1.29 is 9.53 Å². The van der Waals surface area contributed by atoms with Crippen LogP contribution in [0.4, 0.5) is 0 Å². The van der Waals surface area contributed by atoms with Gasteiger partial charge in [-0.3, -0.25) is 4.79 Å². The van der Waals surface area contributed by atoms with E-state index >= 15 is 0 Å². The van der Waals surface area contributed by atoms with Gasteiger partial charge in [-0.2, -0.15) is 0 Å². The Morgan fingerprint density at radius 2 is 2.27 bits per heavy atom. The molecule has 1 aromatic rings. The molecule has 80 valence electrons. The molecule has 3 heteroatoms. The number of benzene rings is 1. The second-order valence-electron chi connectivity index (χ2n) is 4.06. The summed E-state index contributed by atoms with van der Waals surface area (Å²) >= 11 is 0. The molecule has 2 unspecified atom stereocenters. The first-order chi connectivity index (χ1) is 7.13. The highest BCUT2D eigenvalue weighted by Gasteiger charge is 2.32. The maximum Gasteiger partial charge on any atom is 0.168 e. The predicted octanol–water partition coefficient (Wildman–Crippen LogP) is 1.40. The van der Waals surface area contributed by atoms with Gasteiger partial charge in [0.15, 0.2) is 5.78 Å². The number of ether oxygens (including phenoxy) is 1. The number of carbonyl (C=O) groups excluding carboxylic acids is 1. The molecule has 0 aliphatic heterocycles. The van der Waals surface area contributed by atoms with Crippen molar-refractivity contribution in [3.8, 4) is 5.75 Å². The molecule has 3 nitrogen and oxygen atoms in total. The Balaban J connectivity index is 2.38. The minimum absolute atomic E-state index is 0.0629. The van der Waals surface area contributed by atoms with Gasteiger partial charge < -0.3 is 10.5 Å². The molecule has 2 rings (SSSR count). The fourth-order valence-corrected chi connectivity index (χ4v) is 2.04. The highest BCUT2D eigenvalue weighted by molar-refractivity contribution is 6.03. The Morgan fingerprint density at radius 1 is 1.53 bits per heavy atom. The number of carbonyl (C=O) groups is 1. The Bertz CT molecular complexity index is 399. The zero-order valence-electron chi connectivity index (χ0n) is 8.99. The van der Waals surface area contributed by atoms with Gasteiger partial charge in [-0.15, -0.1) is 0 Å². The normalized spacial score (nSPS) is 21.3. The SMILES string of the molecule is COc1ccc2c(c1)C(=O)C(C(C)N)C2. The Kier molecular flexibility index (Phi) is 2.49. The van der Waals surface area contributed by atoms with E-state index in [0.717, 1.165) is 23.3 Å². The summed E-state index contributed by atoms with van der Waals surface area (Å²) in [6.45, 7) is 1.88. The molecule has 1 aliphatic carbocycles. The summed E-state index contributed by atoms with van der Waals surface area (Å²) in [5.74, 6) is 0.818. The molecular formula is C12H15NO2. The number of Topliss-reactive ketones (excluding diaryl/α,β-unsaturated/α-hetero) is 1. The maximum absolute atomic E-state index is 12.0. The highest BCUT2D eigenvalue weighted by Crippen LogP contribution is 2.30. The van der Waals surface area contributed by atoms with Crippen LogP contribution >= 0.6 is 0 Å². The van der Waals surface area contributed by atoms with Crippen LogP contribution < -0.4 is 10.5 Å². The summed E-state index contributed by atoms with van der Waals surface area (Å²) in [4.78, 5) is 12.0. The van der Waals surface area contributed by atoms with Crippen LogP contribution in [0.2, 0.25) is 0 Å². The van der Waals surface area contributed by atoms with Crippen molar-refractivity contribution in [2.75, 3.05) is 7.11 Å². The van der Waals surface area contributed by atoms with Crippen LogP contribution in [-0.2, 0) is 6.42 Å². The lowest BCUT2D eigenvalue weighted by atomic mass is 9.98. The number of fused-ring (bicyclic) bond motifs is 1. The molecule has 15 heavy (non-hydrogen) atoms. The van der Waals surface area contributed by atoms with Crippen molar-refractivity contribution >= 4 is 5.78 Å². The number of nitrogens with two attached hydrogens (primary N) is 1. The molecule has 2 N–H and O–H groups in total. The van der Waals surface area contributed by atoms with Crippen LogP contribution in [0.5, 0.6) is 5.75 Å². The summed E-state index contributed by atoms with van der Waals surface area (Å²) < 4.78 is 5.10. The van der Waals surface area contributed by atoms with Crippen LogP contribution in [0.1, 0.15) is 22.8 Å². The second kappa shape index (κ2) is 3.66. The van der Waals surface area contributed by atoms with E-state index in [2.05, 4.69) is 0 Å². The zero-order chi connectivity index (χ0) is 11.0. The maximum atomic E-state index is 12.0. The number of hydrogen-bond acceptors (Lipinski definition) is 3. The smallest absolute Gasteiger partial charge is 0.168 e. The van der Waals surface area contributed by atoms with E-state index in [1.54, 1.807) is 13.2 Å². The van der Waals surface area contributed by atoms with Gasteiger partial charge in [-0.25, -0.2) is 0 Å². The Hall–Kier alpha value is -1.35. The van der Waals surface area contributed by atoms with Crippen LogP contribution in [0.15, 0.2) is 18.2 Å². The van der Waals surface area contributed by atoms with Crippen LogP contribution in [0, 0.1) is 5.92 Å². The number of hydrogen-bond donors (Lipinski definition) is 1. The summed E-state index contributed by atoms with van der Waals surface area (Å²) in [5, 5.41) is 0. The van der Waals surface area contributed by atoms with Crippen molar-refractivity contribution in [3.63, 3.8) is 0 Å². The fraction of sp³-hybridized carbons (Fsp3) is 0.417. The van der Waals surface area contributed by atoms with Gasteiger partial charge in [0.1, 0.15) is 5.75 Å². The largest absolute Gasteiger partial charge is 0.497 e. The summed E-state index contributed by atoms with van der Waals surface area (Å²) in [5.41, 5.74) is 7.65. The summed E-state index contributed by atoms with van der Waals surface area (Å²) in [6.07, 6.45) is 0.760. The highest BCUT2D eigenvalue weighted by atomic mass is 16.5. The first-order valence-corrected chi connectivity index (χ1v) is 5.10. The minimum atomic E-state index is -0.0871. The summed E-state index contributed by atoms with van der Waals surface area (Å²) in [6, 6.07) is 5.56. The molecule has 1 aromatic carbocycles. The van der Waals surface area contributed by atoms with E-state index in [1.807, 2.05) is 19.1 Å². The molecular weight excluding hydrogens is 190 g/mol. The fourth-order valence-electron chi connectivity index (χ4n) is 2.04. The van der Waals surface area contributed by atoms with Crippen LogP contribution in [0.25, 0.3) is 0 Å². The van der Waals surface area contributed by atoms with E-state index in [1.165, 1.54) is 0 Å². The van der Waals surface area contributed by atoms with Gasteiger partial charge in [0.05, 0.1) is 7.11 Å². The van der Waals surface area contributed by atoms with E-state index < -0.39 is 0 Å². The topological polar surface area (TPSA) is 52.3 Å². The molecule has 0 heterocycles. The molecule has 0 saturated carbocycles. The van der Waals surface area contributed by atoms with Gasteiger partial charge in [-0.1, -0.05) is 6.07 Å². The molecule has 0 fully saturated rings. The average molecular weight is 205 g/mol. The second-order valence-corrected chi connectivity index (χ2v) is 4.06. The molecule has 0 saturated heterocycles. The van der Waals surface area contributed by atoms with Crippen LogP contribution in [0.3, 0.4) is 0 Å². The van der Waals surface area contributed by atoms with Gasteiger partial charge in [0.25, 0.3) is 0 Å². The minimum Gasteiger partial charge on any atom is -0.497 e. The van der Waals surface area contributed by atoms with Crippen molar-refractivity contribution in [3.05, 3.63) is 29.3 Å². The first-order valence-electron chi connectivity index (χ1n) is 5.10. The lowest BCUT2D eigenvalue weighted by Crippen LogP contribution is -2.30. The van der Waals surface area contributed by atoms with Crippen molar-refractivity contribution in [2.45, 2.75) is 19.4 Å². The molecule has 0 bridgehead atoms. The average Bonchev–Trinajstić information content (AvgIpc) is 2.56. The molecule has 2 atom stereocenters. The Morgan fingerprint density at radius 3 is 2.87 bits per heavy atom. The third-order valence-corrected chi connectivity index (χ3v) is 2.99. The van der Waals surface area contributed by atoms with Crippen molar-refractivity contribution in [1.82, 2.24) is 0 Å².